The van der Waals surface area contributed by atoms with Gasteiger partial charge in [0.05, 0.1) is 27.6 Å². The first-order valence-electron chi connectivity index (χ1n) is 41.6. The van der Waals surface area contributed by atoms with E-state index >= 15 is 0 Å². The van der Waals surface area contributed by atoms with Gasteiger partial charge in [0.25, 0.3) is 0 Å². The van der Waals surface area contributed by atoms with Crippen LogP contribution in [0, 0.1) is 0 Å². The number of carboxylic acid groups (broad SMARTS) is 1. The van der Waals surface area contributed by atoms with Crippen LogP contribution in [0.2, 0.25) is 0 Å². The predicted molar refractivity (Wildman–Crippen MR) is 400 cm³/mol. The van der Waals surface area contributed by atoms with Crippen molar-refractivity contribution in [1.82, 2.24) is 0 Å². The van der Waals surface area contributed by atoms with E-state index in [1.54, 1.807) is 0 Å². The summed E-state index contributed by atoms with van der Waals surface area (Å²) in [6, 6.07) is 0. The van der Waals surface area contributed by atoms with E-state index in [9.17, 15) is 28.7 Å². The Hall–Kier alpha value is 1.79. The molecule has 0 bridgehead atoms. The first-order chi connectivity index (χ1) is 45.4. The Bertz CT molecular complexity index is 1440. The number of aliphatic carboxylic acids is 1. The Morgan fingerprint density at radius 3 is 0.558 bits per heavy atom. The first kappa shape index (κ1) is 108. The molecule has 0 aliphatic rings. The van der Waals surface area contributed by atoms with Gasteiger partial charge in [0.1, 0.15) is 0 Å². The van der Waals surface area contributed by atoms with Gasteiger partial charge in [-0.15, -0.1) is 0 Å². The molecule has 0 amide bonds. The summed E-state index contributed by atoms with van der Waals surface area (Å²) in [5.41, 5.74) is 0. The van der Waals surface area contributed by atoms with Crippen molar-refractivity contribution in [2.75, 3.05) is 19.8 Å². The minimum Gasteiger partial charge on any atom is -0.790 e. The van der Waals surface area contributed by atoms with Crippen molar-refractivity contribution < 1.29 is 151 Å². The van der Waals surface area contributed by atoms with Crippen LogP contribution in [0.25, 0.3) is 0 Å². The molecule has 10 nitrogen and oxygen atoms in total. The van der Waals surface area contributed by atoms with Gasteiger partial charge in [-0.3, -0.25) is 14.4 Å². The molecule has 95 heavy (non-hydrogen) atoms. The molecule has 1 N–H and O–H groups in total. The van der Waals surface area contributed by atoms with Gasteiger partial charge < -0.3 is 33.5 Å². The van der Waals surface area contributed by atoms with Crippen molar-refractivity contribution in [3.8, 4) is 0 Å². The predicted octanol–water partition coefficient (Wildman–Crippen LogP) is 21.4. The molecule has 560 valence electrons. The number of ether oxygens (including phenoxy) is 2. The average molecular weight is 1420 g/mol. The maximum atomic E-state index is 11.9. The van der Waals surface area contributed by atoms with E-state index < -0.39 is 13.8 Å². The van der Waals surface area contributed by atoms with E-state index in [0.29, 0.717) is 38.9 Å². The first-order valence-corrected chi connectivity index (χ1v) is 43.1. The van der Waals surface area contributed by atoms with Crippen molar-refractivity contribution in [2.24, 2.45) is 0 Å². The zero-order valence-corrected chi connectivity index (χ0v) is 72.8. The topological polar surface area (TPSA) is 162 Å². The summed E-state index contributed by atoms with van der Waals surface area (Å²) in [4.78, 5) is 54.0. The smallest absolute Gasteiger partial charge is 0.790 e. The Morgan fingerprint density at radius 2 is 0.389 bits per heavy atom. The second-order valence-electron chi connectivity index (χ2n) is 27.9. The van der Waals surface area contributed by atoms with Crippen LogP contribution in [0.5, 0.6) is 0 Å². The summed E-state index contributed by atoms with van der Waals surface area (Å²) in [5.74, 6) is -0.627. The molecule has 0 aromatic heterocycles. The third kappa shape index (κ3) is 117. The third-order valence-electron chi connectivity index (χ3n) is 18.2. The molecule has 0 atom stereocenters. The standard InChI is InChI=1S/C32H64O2.C18H36O2.C16H35O4P.C16H32O2.2K/c1-3-5-7-9-11-13-15-17-19-21-23-25-27-29-31-34-32(33)30-28-26-24-22-20-18-16-14-12-10-8-6-4-2;1-2-3-4-5-6-7-8-9-10-11-12-13-14-15-16-17-18(19)20;1-2-3-4-5-6-7-8-9-10-11-12-13-14-15-16-20-21(17,18)19;1-3-5-7-9-11-13-15-18-16(17)14-12-10-8-6-4-2;;/h3-31H2,1-2H3;2-17H2,1H3,(H,19,20);2-16H2,1H3,(H2,17,18,19);3-15H2,1-2H3;;/q;;;;2*+1/p-2. The number of phosphoric ester groups is 1. The van der Waals surface area contributed by atoms with Crippen molar-refractivity contribution in [1.29, 1.82) is 0 Å². The number of unbranched alkanes of at least 4 members (excludes halogenated alkanes) is 61. The fraction of sp³-hybridized carbons (Fsp3) is 0.963. The molecule has 0 saturated heterocycles. The molecule has 0 spiro atoms. The molecule has 0 saturated carbocycles. The van der Waals surface area contributed by atoms with Crippen LogP contribution >= 0.6 is 7.82 Å². The zero-order valence-electron chi connectivity index (χ0n) is 65.7. The summed E-state index contributed by atoms with van der Waals surface area (Å²) in [6.07, 6.45) is 88.8. The van der Waals surface area contributed by atoms with Gasteiger partial charge in [-0.2, -0.15) is 0 Å². The van der Waals surface area contributed by atoms with Gasteiger partial charge in [0, 0.05) is 19.3 Å². The minimum atomic E-state index is -4.75. The van der Waals surface area contributed by atoms with E-state index in [0.717, 1.165) is 51.4 Å². The maximum absolute atomic E-state index is 11.9. The number of hydrogen-bond acceptors (Lipinski definition) is 9. The van der Waals surface area contributed by atoms with Crippen LogP contribution in [0.1, 0.15) is 491 Å². The van der Waals surface area contributed by atoms with Crippen LogP contribution in [0.15, 0.2) is 0 Å². The summed E-state index contributed by atoms with van der Waals surface area (Å²) < 4.78 is 25.0. The Morgan fingerprint density at radius 1 is 0.242 bits per heavy atom. The van der Waals surface area contributed by atoms with Gasteiger partial charge in [-0.1, -0.05) is 433 Å². The number of carbonyl (C=O) groups is 3. The number of phosphoric acid groups is 1. The average Bonchev–Trinajstić information content (AvgIpc) is 3.77. The van der Waals surface area contributed by atoms with E-state index in [2.05, 4.69) is 46.1 Å². The molecule has 0 aromatic carbocycles. The molecule has 0 aliphatic carbocycles. The van der Waals surface area contributed by atoms with Crippen LogP contribution in [0.3, 0.4) is 0 Å². The van der Waals surface area contributed by atoms with Gasteiger partial charge in [0.2, 0.25) is 0 Å². The monoisotopic (exact) mass is 1420 g/mol. The molecular weight excluding hydrogens is 1250 g/mol. The Balaban J connectivity index is -0.000000286. The maximum Gasteiger partial charge on any atom is 1.00 e. The summed E-state index contributed by atoms with van der Waals surface area (Å²) >= 11 is 0. The Kier molecular flexibility index (Phi) is 113. The van der Waals surface area contributed by atoms with E-state index in [4.69, 9.17) is 14.6 Å². The molecule has 0 radical (unpaired) electrons. The van der Waals surface area contributed by atoms with Crippen LogP contribution in [0.4, 0.5) is 0 Å². The summed E-state index contributed by atoms with van der Waals surface area (Å²) in [5, 5.41) is 8.52. The fourth-order valence-electron chi connectivity index (χ4n) is 12.0. The minimum absolute atomic E-state index is 0. The van der Waals surface area contributed by atoms with Crippen LogP contribution < -0.4 is 113 Å². The number of esters is 2. The number of carbonyl (C=O) groups excluding carboxylic acids is 2. The Labute approximate surface area is 679 Å². The molecule has 0 rings (SSSR count). The van der Waals surface area contributed by atoms with E-state index in [1.165, 1.54) is 372 Å². The molecule has 13 heteroatoms. The van der Waals surface area contributed by atoms with Crippen molar-refractivity contribution in [3.05, 3.63) is 0 Å². The largest absolute Gasteiger partial charge is 1.00 e. The second-order valence-corrected chi connectivity index (χ2v) is 29.1. The van der Waals surface area contributed by atoms with Gasteiger partial charge >= 0.3 is 121 Å². The summed E-state index contributed by atoms with van der Waals surface area (Å²) in [7, 11) is -4.75. The number of carboxylic acids is 1. The van der Waals surface area contributed by atoms with E-state index in [1.807, 2.05) is 0 Å². The van der Waals surface area contributed by atoms with Gasteiger partial charge in [-0.25, -0.2) is 0 Å². The SMILES string of the molecule is CCCCCCCCCCCCCCCCCC(=O)O.CCCCCCCCCCCCCCCCOC(=O)CCCCCCCCCCCCCCC.CCCCCCCCCCCCCCCCOP(=O)([O-])[O-].CCCCCCCCOC(=O)CCCCCCC.[K+].[K+]. The fourth-order valence-corrected chi connectivity index (χ4v) is 12.3. The summed E-state index contributed by atoms with van der Waals surface area (Å²) in [6.45, 7) is 14.8. The van der Waals surface area contributed by atoms with Crippen LogP contribution in [-0.2, 0) is 32.9 Å². The molecule has 0 aliphatic heterocycles. The zero-order chi connectivity index (χ0) is 69.0. The molecule has 0 heterocycles. The van der Waals surface area contributed by atoms with Crippen molar-refractivity contribution in [3.63, 3.8) is 0 Å². The third-order valence-corrected chi connectivity index (χ3v) is 18.7. The molecule has 0 unspecified atom stereocenters. The quantitative estimate of drug-likeness (QED) is 0.0268. The number of hydrogen-bond donors (Lipinski definition) is 1. The normalized spacial score (nSPS) is 10.9. The van der Waals surface area contributed by atoms with Crippen molar-refractivity contribution in [2.45, 2.75) is 491 Å². The van der Waals surface area contributed by atoms with E-state index in [-0.39, 0.29) is 121 Å². The molecule has 0 fully saturated rings. The van der Waals surface area contributed by atoms with Gasteiger partial charge in [-0.05, 0) is 38.5 Å². The molecule has 0 aromatic rings. The number of rotatable bonds is 74. The van der Waals surface area contributed by atoms with Crippen molar-refractivity contribution >= 4 is 25.7 Å². The van der Waals surface area contributed by atoms with Gasteiger partial charge in [0.15, 0.2) is 0 Å². The second kappa shape index (κ2) is 100.0. The van der Waals surface area contributed by atoms with Crippen LogP contribution in [-0.4, -0.2) is 42.8 Å². The molecular formula is C82H165K2O10P.